The topological polar surface area (TPSA) is 84.2 Å². The number of carbonyl (C=O) groups is 2. The van der Waals surface area contributed by atoms with Gasteiger partial charge in [-0.25, -0.2) is 0 Å². The average Bonchev–Trinajstić information content (AvgIpc) is 2.60. The zero-order valence-corrected chi connectivity index (χ0v) is 14.3. The van der Waals surface area contributed by atoms with Crippen molar-refractivity contribution in [2.45, 2.75) is 51.0 Å². The highest BCUT2D eigenvalue weighted by Gasteiger charge is 2.17. The number of nitrogens with two attached hydrogens (primary N) is 1. The molecule has 1 aliphatic rings. The first-order valence-electron chi connectivity index (χ1n) is 8.99. The van der Waals surface area contributed by atoms with Crippen LogP contribution in [-0.4, -0.2) is 30.9 Å². The van der Waals surface area contributed by atoms with Crippen molar-refractivity contribution in [1.29, 1.82) is 0 Å². The normalized spacial score (nSPS) is 16.4. The Kier molecular flexibility index (Phi) is 7.75. The van der Waals surface area contributed by atoms with Crippen molar-refractivity contribution in [1.82, 2.24) is 10.6 Å². The van der Waals surface area contributed by atoms with E-state index in [0.717, 1.165) is 5.56 Å². The van der Waals surface area contributed by atoms with Gasteiger partial charge in [-0.15, -0.1) is 0 Å². The Labute approximate surface area is 144 Å². The van der Waals surface area contributed by atoms with Gasteiger partial charge in [0.25, 0.3) is 0 Å². The maximum absolute atomic E-state index is 12.0. The lowest BCUT2D eigenvalue weighted by Gasteiger charge is -2.20. The monoisotopic (exact) mass is 331 g/mol. The van der Waals surface area contributed by atoms with Gasteiger partial charge in [0.1, 0.15) is 0 Å². The lowest BCUT2D eigenvalue weighted by atomic mass is 9.87. The van der Waals surface area contributed by atoms with E-state index in [4.69, 9.17) is 5.73 Å². The van der Waals surface area contributed by atoms with Crippen LogP contribution < -0.4 is 16.4 Å². The van der Waals surface area contributed by atoms with E-state index in [1.54, 1.807) is 0 Å². The number of amides is 2. The molecule has 0 spiro atoms. The van der Waals surface area contributed by atoms with Crippen LogP contribution in [0.25, 0.3) is 0 Å². The van der Waals surface area contributed by atoms with Crippen molar-refractivity contribution in [2.75, 3.05) is 13.1 Å². The number of hydrogen-bond acceptors (Lipinski definition) is 3. The zero-order chi connectivity index (χ0) is 17.2. The molecule has 2 rings (SSSR count). The standard InChI is InChI=1S/C19H29N3O2/c20-17(13-15-7-3-1-4-8-15)19(24)22-12-11-21-18(23)14-16-9-5-2-6-10-16/h1,3-4,7-8,16-17H,2,5-6,9-14,20H2,(H,21,23)(H,22,24)/t17-/m0/s1. The van der Waals surface area contributed by atoms with Crippen molar-refractivity contribution in [2.24, 2.45) is 11.7 Å². The molecule has 0 bridgehead atoms. The summed E-state index contributed by atoms with van der Waals surface area (Å²) in [5, 5.41) is 5.66. The summed E-state index contributed by atoms with van der Waals surface area (Å²) in [6.45, 7) is 0.868. The minimum absolute atomic E-state index is 0.0877. The highest BCUT2D eigenvalue weighted by molar-refractivity contribution is 5.82. The van der Waals surface area contributed by atoms with E-state index < -0.39 is 6.04 Å². The Morgan fingerprint density at radius 2 is 1.71 bits per heavy atom. The highest BCUT2D eigenvalue weighted by Crippen LogP contribution is 2.25. The van der Waals surface area contributed by atoms with E-state index >= 15 is 0 Å². The molecule has 1 aliphatic carbocycles. The quantitative estimate of drug-likeness (QED) is 0.635. The van der Waals surface area contributed by atoms with E-state index in [1.807, 2.05) is 30.3 Å². The molecule has 1 aromatic carbocycles. The molecular formula is C19H29N3O2. The molecule has 4 N–H and O–H groups in total. The first kappa shape index (κ1) is 18.5. The van der Waals surface area contributed by atoms with Gasteiger partial charge in [-0.05, 0) is 30.7 Å². The molecule has 1 fully saturated rings. The zero-order valence-electron chi connectivity index (χ0n) is 14.3. The molecule has 1 atom stereocenters. The molecule has 24 heavy (non-hydrogen) atoms. The van der Waals surface area contributed by atoms with Gasteiger partial charge < -0.3 is 16.4 Å². The summed E-state index contributed by atoms with van der Waals surface area (Å²) in [5.74, 6) is 0.442. The van der Waals surface area contributed by atoms with Gasteiger partial charge in [0.2, 0.25) is 11.8 Å². The van der Waals surface area contributed by atoms with Crippen molar-refractivity contribution < 1.29 is 9.59 Å². The van der Waals surface area contributed by atoms with Gasteiger partial charge in [-0.1, -0.05) is 49.6 Å². The Hall–Kier alpha value is -1.88. The average molecular weight is 331 g/mol. The smallest absolute Gasteiger partial charge is 0.237 e. The molecule has 1 aromatic rings. The lowest BCUT2D eigenvalue weighted by molar-refractivity contribution is -0.124. The molecule has 0 saturated heterocycles. The molecular weight excluding hydrogens is 302 g/mol. The molecule has 0 heterocycles. The summed E-state index contributed by atoms with van der Waals surface area (Å²) in [6.07, 6.45) is 7.24. The van der Waals surface area contributed by atoms with Crippen molar-refractivity contribution >= 4 is 11.8 Å². The third-order valence-corrected chi connectivity index (χ3v) is 4.58. The van der Waals surface area contributed by atoms with Crippen LogP contribution in [0.3, 0.4) is 0 Å². The van der Waals surface area contributed by atoms with E-state index in [2.05, 4.69) is 10.6 Å². The van der Waals surface area contributed by atoms with Crippen LogP contribution in [0.5, 0.6) is 0 Å². The van der Waals surface area contributed by atoms with Gasteiger partial charge >= 0.3 is 0 Å². The van der Waals surface area contributed by atoms with Crippen LogP contribution in [0.1, 0.15) is 44.1 Å². The van der Waals surface area contributed by atoms with Crippen LogP contribution in [0.15, 0.2) is 30.3 Å². The Morgan fingerprint density at radius 3 is 2.42 bits per heavy atom. The van der Waals surface area contributed by atoms with Crippen molar-refractivity contribution in [3.8, 4) is 0 Å². The second-order valence-electron chi connectivity index (χ2n) is 6.65. The van der Waals surface area contributed by atoms with Crippen molar-refractivity contribution in [3.05, 3.63) is 35.9 Å². The SMILES string of the molecule is N[C@@H](Cc1ccccc1)C(=O)NCCNC(=O)CC1CCCCC1. The fourth-order valence-electron chi connectivity index (χ4n) is 3.21. The minimum Gasteiger partial charge on any atom is -0.354 e. The Balaban J connectivity index is 1.57. The predicted molar refractivity (Wildman–Crippen MR) is 95.3 cm³/mol. The molecule has 0 aliphatic heterocycles. The first-order valence-corrected chi connectivity index (χ1v) is 8.99. The van der Waals surface area contributed by atoms with Crippen molar-refractivity contribution in [3.63, 3.8) is 0 Å². The van der Waals surface area contributed by atoms with E-state index in [1.165, 1.54) is 32.1 Å². The van der Waals surface area contributed by atoms with Gasteiger partial charge in [0.15, 0.2) is 0 Å². The summed E-state index contributed by atoms with van der Waals surface area (Å²) in [7, 11) is 0. The second kappa shape index (κ2) is 10.1. The third-order valence-electron chi connectivity index (χ3n) is 4.58. The van der Waals surface area contributed by atoms with Gasteiger partial charge in [0.05, 0.1) is 6.04 Å². The summed E-state index contributed by atoms with van der Waals surface area (Å²) in [4.78, 5) is 23.8. The number of benzene rings is 1. The number of carbonyl (C=O) groups excluding carboxylic acids is 2. The van der Waals surface area contributed by atoms with E-state index in [-0.39, 0.29) is 11.8 Å². The highest BCUT2D eigenvalue weighted by atomic mass is 16.2. The minimum atomic E-state index is -0.564. The third kappa shape index (κ3) is 6.71. The van der Waals surface area contributed by atoms with Gasteiger partial charge in [0, 0.05) is 19.5 Å². The predicted octanol–water partition coefficient (Wildman–Crippen LogP) is 1.76. The number of hydrogen-bond donors (Lipinski definition) is 3. The fraction of sp³-hybridized carbons (Fsp3) is 0.579. The van der Waals surface area contributed by atoms with Crippen LogP contribution in [0.2, 0.25) is 0 Å². The summed E-state index contributed by atoms with van der Waals surface area (Å²) in [5.41, 5.74) is 6.96. The Morgan fingerprint density at radius 1 is 1.04 bits per heavy atom. The van der Waals surface area contributed by atoms with Crippen LogP contribution in [0.4, 0.5) is 0 Å². The molecule has 0 radical (unpaired) electrons. The molecule has 0 unspecified atom stereocenters. The molecule has 0 aromatic heterocycles. The second-order valence-corrected chi connectivity index (χ2v) is 6.65. The van der Waals surface area contributed by atoms with Crippen LogP contribution in [-0.2, 0) is 16.0 Å². The first-order chi connectivity index (χ1) is 11.6. The van der Waals surface area contributed by atoms with Gasteiger partial charge in [-0.3, -0.25) is 9.59 Å². The lowest BCUT2D eigenvalue weighted by Crippen LogP contribution is -2.44. The van der Waals surface area contributed by atoms with Crippen LogP contribution in [0, 0.1) is 5.92 Å². The maximum atomic E-state index is 12.0. The van der Waals surface area contributed by atoms with E-state index in [9.17, 15) is 9.59 Å². The van der Waals surface area contributed by atoms with E-state index in [0.29, 0.717) is 31.8 Å². The summed E-state index contributed by atoms with van der Waals surface area (Å²) in [6, 6.07) is 9.15. The molecule has 2 amide bonds. The van der Waals surface area contributed by atoms with Crippen LogP contribution >= 0.6 is 0 Å². The Bertz CT molecular complexity index is 513. The van der Waals surface area contributed by atoms with Gasteiger partial charge in [-0.2, -0.15) is 0 Å². The molecule has 1 saturated carbocycles. The fourth-order valence-corrected chi connectivity index (χ4v) is 3.21. The maximum Gasteiger partial charge on any atom is 0.237 e. The summed E-state index contributed by atoms with van der Waals surface area (Å²) >= 11 is 0. The molecule has 5 heteroatoms. The largest absolute Gasteiger partial charge is 0.354 e. The summed E-state index contributed by atoms with van der Waals surface area (Å²) < 4.78 is 0. The number of nitrogens with one attached hydrogen (secondary N) is 2. The molecule has 5 nitrogen and oxygen atoms in total. The molecule has 132 valence electrons. The number of rotatable bonds is 8.